The zero-order valence-corrected chi connectivity index (χ0v) is 15.2. The maximum atomic E-state index is 12.7. The highest BCUT2D eigenvalue weighted by Crippen LogP contribution is 2.22. The normalized spacial score (nSPS) is 18.4. The third-order valence-electron chi connectivity index (χ3n) is 3.86. The minimum atomic E-state index is -0.567. The molecule has 0 spiro atoms. The number of amides is 2. The van der Waals surface area contributed by atoms with Gasteiger partial charge < -0.3 is 15.0 Å². The summed E-state index contributed by atoms with van der Waals surface area (Å²) in [5.74, 6) is 0.0416. The lowest BCUT2D eigenvalue weighted by molar-refractivity contribution is -0.134. The summed E-state index contributed by atoms with van der Waals surface area (Å²) >= 11 is 1.28. The molecule has 8 nitrogen and oxygen atoms in total. The molecule has 0 aliphatic carbocycles. The Kier molecular flexibility index (Phi) is 6.13. The van der Waals surface area contributed by atoms with E-state index in [1.54, 1.807) is 23.1 Å². The summed E-state index contributed by atoms with van der Waals surface area (Å²) in [5, 5.41) is 7.54. The highest BCUT2D eigenvalue weighted by Gasteiger charge is 2.37. The zero-order valence-electron chi connectivity index (χ0n) is 14.4. The highest BCUT2D eigenvalue weighted by molar-refractivity contribution is 8.14. The Morgan fingerprint density at radius 1 is 1.35 bits per heavy atom. The second-order valence-electron chi connectivity index (χ2n) is 5.71. The third kappa shape index (κ3) is 4.36. The van der Waals surface area contributed by atoms with Gasteiger partial charge in [0, 0.05) is 26.1 Å². The summed E-state index contributed by atoms with van der Waals surface area (Å²) in [6.07, 6.45) is 2.99. The SMILES string of the molecule is COCCNC(=O)CSC1=NNC2C(=O)N(Cc3ccccc3)C=CN12. The van der Waals surface area contributed by atoms with Crippen molar-refractivity contribution in [2.24, 2.45) is 5.10 Å². The molecule has 0 saturated heterocycles. The van der Waals surface area contributed by atoms with Crippen LogP contribution in [0.5, 0.6) is 0 Å². The Bertz CT molecular complexity index is 710. The standard InChI is InChI=1S/C17H21N5O3S/c1-25-10-7-18-14(23)12-26-17-20-19-15-16(24)21(8-9-22(15)17)11-13-5-3-2-4-6-13/h2-6,8-9,15,19H,7,10-12H2,1H3,(H,18,23). The highest BCUT2D eigenvalue weighted by atomic mass is 32.2. The van der Waals surface area contributed by atoms with Gasteiger partial charge in [0.15, 0.2) is 5.17 Å². The van der Waals surface area contributed by atoms with Crippen LogP contribution in [0.3, 0.4) is 0 Å². The molecule has 2 N–H and O–H groups in total. The number of methoxy groups -OCH3 is 1. The van der Waals surface area contributed by atoms with Crippen molar-refractivity contribution in [2.45, 2.75) is 12.7 Å². The molecule has 9 heteroatoms. The second-order valence-corrected chi connectivity index (χ2v) is 6.66. The van der Waals surface area contributed by atoms with Crippen LogP contribution in [0.1, 0.15) is 5.56 Å². The van der Waals surface area contributed by atoms with E-state index in [-0.39, 0.29) is 17.6 Å². The van der Waals surface area contributed by atoms with Crippen molar-refractivity contribution in [3.8, 4) is 0 Å². The van der Waals surface area contributed by atoms with Gasteiger partial charge in [-0.05, 0) is 5.56 Å². The maximum Gasteiger partial charge on any atom is 0.272 e. The Morgan fingerprint density at radius 3 is 2.92 bits per heavy atom. The van der Waals surface area contributed by atoms with Crippen molar-refractivity contribution in [1.29, 1.82) is 0 Å². The van der Waals surface area contributed by atoms with Crippen LogP contribution < -0.4 is 10.7 Å². The number of nitrogens with one attached hydrogen (secondary N) is 2. The summed E-state index contributed by atoms with van der Waals surface area (Å²) in [6, 6.07) is 9.80. The Hall–Kier alpha value is -2.52. The number of nitrogens with zero attached hydrogens (tertiary/aromatic N) is 3. The quantitative estimate of drug-likeness (QED) is 0.675. The number of ether oxygens (including phenoxy) is 1. The molecule has 2 aliphatic heterocycles. The Labute approximate surface area is 156 Å². The lowest BCUT2D eigenvalue weighted by Gasteiger charge is -2.31. The van der Waals surface area contributed by atoms with Gasteiger partial charge in [-0.3, -0.25) is 19.9 Å². The smallest absolute Gasteiger partial charge is 0.272 e. The predicted molar refractivity (Wildman–Crippen MR) is 99.7 cm³/mol. The van der Waals surface area contributed by atoms with E-state index in [9.17, 15) is 9.59 Å². The van der Waals surface area contributed by atoms with E-state index in [0.717, 1.165) is 5.56 Å². The van der Waals surface area contributed by atoms with Crippen molar-refractivity contribution in [2.75, 3.05) is 26.0 Å². The number of benzene rings is 1. The van der Waals surface area contributed by atoms with Gasteiger partial charge in [0.2, 0.25) is 12.1 Å². The number of amidine groups is 1. The average molecular weight is 375 g/mol. The number of thioether (sulfide) groups is 1. The first kappa shape index (κ1) is 18.3. The van der Waals surface area contributed by atoms with E-state index in [1.165, 1.54) is 11.8 Å². The molecule has 26 heavy (non-hydrogen) atoms. The molecule has 1 aromatic carbocycles. The van der Waals surface area contributed by atoms with Crippen LogP contribution in [0.2, 0.25) is 0 Å². The molecule has 2 amide bonds. The molecule has 0 fully saturated rings. The fourth-order valence-corrected chi connectivity index (χ4v) is 3.34. The van der Waals surface area contributed by atoms with Crippen LogP contribution in [0, 0.1) is 0 Å². The van der Waals surface area contributed by atoms with E-state index in [2.05, 4.69) is 15.8 Å². The number of hydrogen-bond donors (Lipinski definition) is 2. The predicted octanol–water partition coefficient (Wildman–Crippen LogP) is 0.498. The topological polar surface area (TPSA) is 86.3 Å². The molecule has 3 rings (SSSR count). The van der Waals surface area contributed by atoms with Gasteiger partial charge in [-0.25, -0.2) is 0 Å². The zero-order chi connectivity index (χ0) is 18.4. The molecule has 2 aliphatic rings. The van der Waals surface area contributed by atoms with Crippen LogP contribution in [0.4, 0.5) is 0 Å². The summed E-state index contributed by atoms with van der Waals surface area (Å²) in [5.41, 5.74) is 3.90. The Balaban J connectivity index is 1.54. The third-order valence-corrected chi connectivity index (χ3v) is 4.83. The molecule has 0 saturated carbocycles. The first-order chi connectivity index (χ1) is 12.7. The number of carbonyl (C=O) groups is 2. The van der Waals surface area contributed by atoms with Crippen LogP contribution in [0.15, 0.2) is 47.8 Å². The minimum absolute atomic E-state index is 0.0831. The molecule has 1 unspecified atom stereocenters. The van der Waals surface area contributed by atoms with Crippen LogP contribution in [-0.4, -0.2) is 59.0 Å². The van der Waals surface area contributed by atoms with Crippen molar-refractivity contribution in [3.05, 3.63) is 48.3 Å². The van der Waals surface area contributed by atoms with Crippen LogP contribution >= 0.6 is 11.8 Å². The van der Waals surface area contributed by atoms with Gasteiger partial charge in [-0.1, -0.05) is 42.1 Å². The number of carbonyl (C=O) groups excluding carboxylic acids is 2. The maximum absolute atomic E-state index is 12.7. The van der Waals surface area contributed by atoms with E-state index in [1.807, 2.05) is 36.5 Å². The van der Waals surface area contributed by atoms with Crippen molar-refractivity contribution >= 4 is 28.7 Å². The van der Waals surface area contributed by atoms with Crippen molar-refractivity contribution < 1.29 is 14.3 Å². The number of fused-ring (bicyclic) bond motifs is 1. The monoisotopic (exact) mass is 375 g/mol. The molecule has 138 valence electrons. The van der Waals surface area contributed by atoms with E-state index in [0.29, 0.717) is 24.9 Å². The summed E-state index contributed by atoms with van der Waals surface area (Å²) in [7, 11) is 1.58. The second kappa shape index (κ2) is 8.72. The average Bonchev–Trinajstić information content (AvgIpc) is 3.07. The fourth-order valence-electron chi connectivity index (χ4n) is 2.54. The lowest BCUT2D eigenvalue weighted by Crippen LogP contribution is -2.51. The van der Waals surface area contributed by atoms with Gasteiger partial charge in [-0.15, -0.1) is 0 Å². The minimum Gasteiger partial charge on any atom is -0.383 e. The molecule has 1 atom stereocenters. The molecule has 0 aromatic heterocycles. The first-order valence-corrected chi connectivity index (χ1v) is 9.20. The molecule has 0 bridgehead atoms. The molecule has 2 heterocycles. The van der Waals surface area contributed by atoms with Gasteiger partial charge in [0.25, 0.3) is 5.91 Å². The molecule has 0 radical (unpaired) electrons. The number of rotatable bonds is 7. The number of hydrogen-bond acceptors (Lipinski definition) is 7. The van der Waals surface area contributed by atoms with E-state index >= 15 is 0 Å². The summed E-state index contributed by atoms with van der Waals surface area (Å²) in [4.78, 5) is 27.8. The fraction of sp³-hybridized carbons (Fsp3) is 0.353. The first-order valence-electron chi connectivity index (χ1n) is 8.22. The molecular weight excluding hydrogens is 354 g/mol. The van der Waals surface area contributed by atoms with E-state index in [4.69, 9.17) is 4.74 Å². The van der Waals surface area contributed by atoms with Gasteiger partial charge in [0.1, 0.15) is 0 Å². The van der Waals surface area contributed by atoms with Crippen LogP contribution in [-0.2, 0) is 20.9 Å². The van der Waals surface area contributed by atoms with Gasteiger partial charge >= 0.3 is 0 Å². The summed E-state index contributed by atoms with van der Waals surface area (Å²) in [6.45, 7) is 1.45. The largest absolute Gasteiger partial charge is 0.383 e. The van der Waals surface area contributed by atoms with E-state index < -0.39 is 6.17 Å². The Morgan fingerprint density at radius 2 is 2.15 bits per heavy atom. The van der Waals surface area contributed by atoms with Crippen molar-refractivity contribution in [3.63, 3.8) is 0 Å². The summed E-state index contributed by atoms with van der Waals surface area (Å²) < 4.78 is 4.89. The van der Waals surface area contributed by atoms with Crippen molar-refractivity contribution in [1.82, 2.24) is 20.5 Å². The molecular formula is C17H21N5O3S. The van der Waals surface area contributed by atoms with Gasteiger partial charge in [0.05, 0.1) is 18.9 Å². The van der Waals surface area contributed by atoms with Crippen LogP contribution in [0.25, 0.3) is 0 Å². The lowest BCUT2D eigenvalue weighted by atomic mass is 10.2. The van der Waals surface area contributed by atoms with Gasteiger partial charge in [-0.2, -0.15) is 5.10 Å². The number of hydrazone groups is 1. The molecule has 1 aromatic rings.